The average Bonchev–Trinajstić information content (AvgIpc) is 2.43. The summed E-state index contributed by atoms with van der Waals surface area (Å²) < 4.78 is 0. The highest BCUT2D eigenvalue weighted by atomic mass is 16.3. The van der Waals surface area contributed by atoms with E-state index in [4.69, 9.17) is 0 Å². The van der Waals surface area contributed by atoms with Crippen LogP contribution in [0.5, 0.6) is 0 Å². The zero-order valence-electron chi connectivity index (χ0n) is 10.1. The van der Waals surface area contributed by atoms with E-state index in [0.717, 1.165) is 0 Å². The predicted molar refractivity (Wildman–Crippen MR) is 64.0 cm³/mol. The van der Waals surface area contributed by atoms with Gasteiger partial charge in [-0.25, -0.2) is 0 Å². The molecule has 0 bridgehead atoms. The third-order valence-electron chi connectivity index (χ3n) is 3.06. The van der Waals surface area contributed by atoms with Gasteiger partial charge in [-0.2, -0.15) is 0 Å². The zero-order valence-corrected chi connectivity index (χ0v) is 10.1. The Bertz CT molecular complexity index is 154. The molecule has 0 spiro atoms. The highest BCUT2D eigenvalue weighted by Gasteiger charge is 2.14. The topological polar surface area (TPSA) is 44.3 Å². The van der Waals surface area contributed by atoms with Gasteiger partial charge in [0.15, 0.2) is 0 Å². The van der Waals surface area contributed by atoms with Gasteiger partial charge in [0.25, 0.3) is 0 Å². The van der Waals surface area contributed by atoms with E-state index in [1.165, 1.54) is 38.6 Å². The van der Waals surface area contributed by atoms with Crippen LogP contribution < -0.4 is 10.6 Å². The molecule has 0 aromatic rings. The average molecular weight is 214 g/mol. The molecule has 1 aliphatic rings. The fraction of sp³-hybridized carbons (Fsp3) is 1.00. The van der Waals surface area contributed by atoms with Crippen molar-refractivity contribution < 1.29 is 5.11 Å². The Hall–Kier alpha value is -0.120. The van der Waals surface area contributed by atoms with E-state index in [9.17, 15) is 5.11 Å². The van der Waals surface area contributed by atoms with E-state index < -0.39 is 0 Å². The molecule has 3 heteroatoms. The van der Waals surface area contributed by atoms with E-state index in [1.807, 2.05) is 6.92 Å². The lowest BCUT2D eigenvalue weighted by Gasteiger charge is -2.22. The maximum absolute atomic E-state index is 9.17. The number of aliphatic hydroxyl groups is 1. The summed E-state index contributed by atoms with van der Waals surface area (Å²) in [5, 5.41) is 16.1. The van der Waals surface area contributed by atoms with Crippen LogP contribution in [0.2, 0.25) is 0 Å². The van der Waals surface area contributed by atoms with E-state index in [1.54, 1.807) is 0 Å². The minimum absolute atomic E-state index is 0.241. The molecule has 1 saturated heterocycles. The molecule has 3 atom stereocenters. The fourth-order valence-electron chi connectivity index (χ4n) is 2.18. The quantitative estimate of drug-likeness (QED) is 0.646. The van der Waals surface area contributed by atoms with Crippen molar-refractivity contribution in [3.63, 3.8) is 0 Å². The Morgan fingerprint density at radius 2 is 2.13 bits per heavy atom. The SMILES string of the molecule is CC(CC1CCCCCN1)NC[C@@H](C)O. The summed E-state index contributed by atoms with van der Waals surface area (Å²) in [4.78, 5) is 0. The van der Waals surface area contributed by atoms with Crippen LogP contribution in [0.25, 0.3) is 0 Å². The lowest BCUT2D eigenvalue weighted by atomic mass is 10.0. The first-order valence-corrected chi connectivity index (χ1v) is 6.33. The van der Waals surface area contributed by atoms with Gasteiger partial charge in [-0.15, -0.1) is 0 Å². The number of rotatable bonds is 5. The molecule has 1 fully saturated rings. The van der Waals surface area contributed by atoms with Crippen molar-refractivity contribution in [1.82, 2.24) is 10.6 Å². The van der Waals surface area contributed by atoms with Crippen molar-refractivity contribution in [3.05, 3.63) is 0 Å². The number of nitrogens with one attached hydrogen (secondary N) is 2. The van der Waals surface area contributed by atoms with E-state index in [2.05, 4.69) is 17.6 Å². The van der Waals surface area contributed by atoms with Gasteiger partial charge in [0.05, 0.1) is 6.10 Å². The van der Waals surface area contributed by atoms with Crippen molar-refractivity contribution in [3.8, 4) is 0 Å². The molecule has 90 valence electrons. The molecular weight excluding hydrogens is 188 g/mol. The molecular formula is C12H26N2O. The maximum atomic E-state index is 9.17. The number of aliphatic hydroxyl groups excluding tert-OH is 1. The Balaban J connectivity index is 2.14. The first-order chi connectivity index (χ1) is 7.18. The molecule has 0 saturated carbocycles. The molecule has 3 N–H and O–H groups in total. The molecule has 3 nitrogen and oxygen atoms in total. The van der Waals surface area contributed by atoms with Crippen molar-refractivity contribution in [2.75, 3.05) is 13.1 Å². The second-order valence-electron chi connectivity index (χ2n) is 4.89. The molecule has 1 aliphatic heterocycles. The fourth-order valence-corrected chi connectivity index (χ4v) is 2.18. The van der Waals surface area contributed by atoms with E-state index in [-0.39, 0.29) is 6.10 Å². The molecule has 1 rings (SSSR count). The summed E-state index contributed by atoms with van der Waals surface area (Å²) in [5.74, 6) is 0. The summed E-state index contributed by atoms with van der Waals surface area (Å²) in [6.45, 7) is 5.90. The van der Waals surface area contributed by atoms with Gasteiger partial charge in [-0.1, -0.05) is 12.8 Å². The van der Waals surface area contributed by atoms with Crippen molar-refractivity contribution in [2.45, 2.75) is 64.1 Å². The van der Waals surface area contributed by atoms with Gasteiger partial charge in [0, 0.05) is 18.6 Å². The van der Waals surface area contributed by atoms with Crippen LogP contribution in [0.3, 0.4) is 0 Å². The Morgan fingerprint density at radius 1 is 1.33 bits per heavy atom. The van der Waals surface area contributed by atoms with Gasteiger partial charge < -0.3 is 15.7 Å². The highest BCUT2D eigenvalue weighted by Crippen LogP contribution is 2.12. The molecule has 0 aliphatic carbocycles. The first kappa shape index (κ1) is 12.9. The monoisotopic (exact) mass is 214 g/mol. The largest absolute Gasteiger partial charge is 0.392 e. The van der Waals surface area contributed by atoms with Crippen LogP contribution in [0.15, 0.2) is 0 Å². The molecule has 0 aromatic carbocycles. The minimum atomic E-state index is -0.241. The van der Waals surface area contributed by atoms with Gasteiger partial charge >= 0.3 is 0 Å². The lowest BCUT2D eigenvalue weighted by molar-refractivity contribution is 0.185. The van der Waals surface area contributed by atoms with Crippen LogP contribution in [-0.4, -0.2) is 36.4 Å². The van der Waals surface area contributed by atoms with Crippen LogP contribution in [-0.2, 0) is 0 Å². The van der Waals surface area contributed by atoms with Gasteiger partial charge in [-0.05, 0) is 39.7 Å². The van der Waals surface area contributed by atoms with E-state index >= 15 is 0 Å². The standard InChI is InChI=1S/C12H26N2O/c1-10(14-9-11(2)15)8-12-6-4-3-5-7-13-12/h10-15H,3-9H2,1-2H3/t10?,11-,12?/m1/s1. The summed E-state index contributed by atoms with van der Waals surface area (Å²) >= 11 is 0. The normalized spacial score (nSPS) is 27.0. The predicted octanol–water partition coefficient (Wildman–Crippen LogP) is 1.27. The second kappa shape index (κ2) is 7.20. The minimum Gasteiger partial charge on any atom is -0.392 e. The van der Waals surface area contributed by atoms with Gasteiger partial charge in [-0.3, -0.25) is 0 Å². The first-order valence-electron chi connectivity index (χ1n) is 6.33. The molecule has 0 radical (unpaired) electrons. The third kappa shape index (κ3) is 6.13. The highest BCUT2D eigenvalue weighted by molar-refractivity contribution is 4.76. The summed E-state index contributed by atoms with van der Waals surface area (Å²) in [5.41, 5.74) is 0. The lowest BCUT2D eigenvalue weighted by Crippen LogP contribution is -2.39. The van der Waals surface area contributed by atoms with Crippen LogP contribution in [0.1, 0.15) is 46.0 Å². The summed E-state index contributed by atoms with van der Waals surface area (Å²) in [6, 6.07) is 1.17. The van der Waals surface area contributed by atoms with Crippen LogP contribution in [0, 0.1) is 0 Å². The zero-order chi connectivity index (χ0) is 11.1. The van der Waals surface area contributed by atoms with Crippen molar-refractivity contribution in [2.24, 2.45) is 0 Å². The van der Waals surface area contributed by atoms with Gasteiger partial charge in [0.2, 0.25) is 0 Å². The number of hydrogen-bond acceptors (Lipinski definition) is 3. The summed E-state index contributed by atoms with van der Waals surface area (Å²) in [7, 11) is 0. The van der Waals surface area contributed by atoms with Gasteiger partial charge in [0.1, 0.15) is 0 Å². The smallest absolute Gasteiger partial charge is 0.0636 e. The van der Waals surface area contributed by atoms with Crippen molar-refractivity contribution >= 4 is 0 Å². The van der Waals surface area contributed by atoms with E-state index in [0.29, 0.717) is 18.6 Å². The summed E-state index contributed by atoms with van der Waals surface area (Å²) in [6.07, 6.45) is 6.30. The molecule has 2 unspecified atom stereocenters. The maximum Gasteiger partial charge on any atom is 0.0636 e. The Kier molecular flexibility index (Phi) is 6.22. The Labute approximate surface area is 93.6 Å². The molecule has 0 aromatic heterocycles. The van der Waals surface area contributed by atoms with Crippen LogP contribution in [0.4, 0.5) is 0 Å². The molecule has 0 amide bonds. The third-order valence-corrected chi connectivity index (χ3v) is 3.06. The molecule has 1 heterocycles. The Morgan fingerprint density at radius 3 is 2.87 bits per heavy atom. The molecule has 15 heavy (non-hydrogen) atoms. The van der Waals surface area contributed by atoms with Crippen molar-refractivity contribution in [1.29, 1.82) is 0 Å². The second-order valence-corrected chi connectivity index (χ2v) is 4.89. The number of hydrogen-bond donors (Lipinski definition) is 3. The van der Waals surface area contributed by atoms with Crippen LogP contribution >= 0.6 is 0 Å².